The van der Waals surface area contributed by atoms with Crippen LogP contribution in [-0.2, 0) is 0 Å². The summed E-state index contributed by atoms with van der Waals surface area (Å²) in [6, 6.07) is 14.6. The minimum absolute atomic E-state index is 0.312. The fraction of sp³-hybridized carbons (Fsp3) is 0.360. The van der Waals surface area contributed by atoms with Crippen molar-refractivity contribution in [3.8, 4) is 5.75 Å². The van der Waals surface area contributed by atoms with Gasteiger partial charge >= 0.3 is 0 Å². The Kier molecular flexibility index (Phi) is 5.23. The van der Waals surface area contributed by atoms with E-state index in [2.05, 4.69) is 46.2 Å². The zero-order valence-corrected chi connectivity index (χ0v) is 17.4. The summed E-state index contributed by atoms with van der Waals surface area (Å²) in [5.41, 5.74) is 5.01. The van der Waals surface area contributed by atoms with Crippen molar-refractivity contribution in [2.45, 2.75) is 31.8 Å². The van der Waals surface area contributed by atoms with Crippen molar-refractivity contribution in [3.63, 3.8) is 0 Å². The maximum atomic E-state index is 10.5. The Bertz CT molecular complexity index is 1140. The van der Waals surface area contributed by atoms with E-state index in [4.69, 9.17) is 4.74 Å². The number of benzene rings is 2. The number of hydrogen-bond donors (Lipinski definition) is 3. The predicted molar refractivity (Wildman–Crippen MR) is 121 cm³/mol. The Morgan fingerprint density at radius 1 is 1.07 bits per heavy atom. The number of aliphatic hydroxyl groups is 1. The van der Waals surface area contributed by atoms with E-state index in [9.17, 15) is 5.11 Å². The van der Waals surface area contributed by atoms with E-state index in [1.54, 1.807) is 0 Å². The minimum atomic E-state index is -0.494. The summed E-state index contributed by atoms with van der Waals surface area (Å²) in [7, 11) is 0. The highest BCUT2D eigenvalue weighted by molar-refractivity contribution is 5.86. The number of aliphatic hydroxyl groups excluding tert-OH is 1. The smallest absolute Gasteiger partial charge is 0.128 e. The van der Waals surface area contributed by atoms with Crippen molar-refractivity contribution < 1.29 is 9.84 Å². The Morgan fingerprint density at radius 3 is 2.80 bits per heavy atom. The number of aryl methyl sites for hydroxylation is 1. The number of aromatic amines is 2. The first-order valence-corrected chi connectivity index (χ1v) is 10.8. The molecule has 0 spiro atoms. The van der Waals surface area contributed by atoms with Gasteiger partial charge in [0.25, 0.3) is 0 Å². The molecule has 0 aliphatic carbocycles. The van der Waals surface area contributed by atoms with Gasteiger partial charge in [-0.1, -0.05) is 18.2 Å². The van der Waals surface area contributed by atoms with Gasteiger partial charge in [0.15, 0.2) is 0 Å². The van der Waals surface area contributed by atoms with E-state index in [0.29, 0.717) is 19.1 Å². The lowest BCUT2D eigenvalue weighted by Crippen LogP contribution is -2.40. The monoisotopic (exact) mass is 403 g/mol. The number of β-amino-alcohol motifs (C(OH)–C–C–N with tert-alkyl or cyclic N) is 1. The quantitative estimate of drug-likeness (QED) is 0.442. The van der Waals surface area contributed by atoms with Crippen LogP contribution in [0.1, 0.15) is 29.9 Å². The Labute approximate surface area is 176 Å². The van der Waals surface area contributed by atoms with E-state index in [0.717, 1.165) is 42.6 Å². The molecule has 4 aromatic rings. The van der Waals surface area contributed by atoms with Crippen LogP contribution in [0.15, 0.2) is 54.9 Å². The summed E-state index contributed by atoms with van der Waals surface area (Å²) >= 11 is 0. The van der Waals surface area contributed by atoms with Gasteiger partial charge in [0, 0.05) is 40.7 Å². The highest BCUT2D eigenvalue weighted by Crippen LogP contribution is 2.33. The number of hydrogen-bond acceptors (Lipinski definition) is 3. The molecule has 30 heavy (non-hydrogen) atoms. The first-order chi connectivity index (χ1) is 14.7. The molecule has 0 radical (unpaired) electrons. The number of likely N-dealkylation sites (tertiary alicyclic amines) is 1. The lowest BCUT2D eigenvalue weighted by Gasteiger charge is -2.33. The molecule has 5 rings (SSSR count). The van der Waals surface area contributed by atoms with Crippen LogP contribution >= 0.6 is 0 Å². The number of rotatable bonds is 6. The van der Waals surface area contributed by atoms with Crippen molar-refractivity contribution in [3.05, 3.63) is 66.0 Å². The van der Waals surface area contributed by atoms with Crippen molar-refractivity contribution >= 4 is 21.8 Å². The van der Waals surface area contributed by atoms with Crippen LogP contribution in [0.4, 0.5) is 0 Å². The highest BCUT2D eigenvalue weighted by atomic mass is 16.5. The van der Waals surface area contributed by atoms with E-state index >= 15 is 0 Å². The molecule has 5 nitrogen and oxygen atoms in total. The molecule has 5 heteroatoms. The molecule has 0 amide bonds. The molecular formula is C25H29N3O2. The van der Waals surface area contributed by atoms with Gasteiger partial charge in [0.05, 0.1) is 0 Å². The molecule has 2 aromatic heterocycles. The van der Waals surface area contributed by atoms with Gasteiger partial charge in [-0.15, -0.1) is 0 Å². The summed E-state index contributed by atoms with van der Waals surface area (Å²) < 4.78 is 5.92. The van der Waals surface area contributed by atoms with Gasteiger partial charge in [-0.3, -0.25) is 0 Å². The normalized spacial score (nSPS) is 17.0. The fourth-order valence-electron chi connectivity index (χ4n) is 4.75. The summed E-state index contributed by atoms with van der Waals surface area (Å²) in [5.74, 6) is 1.40. The molecule has 2 aromatic carbocycles. The van der Waals surface area contributed by atoms with Gasteiger partial charge in [-0.2, -0.15) is 0 Å². The maximum Gasteiger partial charge on any atom is 0.128 e. The van der Waals surface area contributed by atoms with Gasteiger partial charge < -0.3 is 24.7 Å². The number of ether oxygens (including phenoxy) is 1. The molecule has 3 N–H and O–H groups in total. The van der Waals surface area contributed by atoms with Crippen LogP contribution in [0.25, 0.3) is 21.8 Å². The molecular weight excluding hydrogens is 374 g/mol. The van der Waals surface area contributed by atoms with Gasteiger partial charge in [-0.25, -0.2) is 0 Å². The van der Waals surface area contributed by atoms with E-state index < -0.39 is 6.10 Å². The number of nitrogens with zero attached hydrogens (tertiary/aromatic N) is 1. The number of nitrogens with one attached hydrogen (secondary N) is 2. The lowest BCUT2D eigenvalue weighted by atomic mass is 9.89. The van der Waals surface area contributed by atoms with Crippen LogP contribution in [0.2, 0.25) is 0 Å². The second-order valence-electron chi connectivity index (χ2n) is 8.53. The van der Waals surface area contributed by atoms with Crippen LogP contribution in [0.5, 0.6) is 5.75 Å². The van der Waals surface area contributed by atoms with Crippen LogP contribution in [-0.4, -0.2) is 52.3 Å². The summed E-state index contributed by atoms with van der Waals surface area (Å²) in [4.78, 5) is 8.99. The topological polar surface area (TPSA) is 64.3 Å². The summed E-state index contributed by atoms with van der Waals surface area (Å²) in [5, 5.41) is 12.9. The zero-order valence-electron chi connectivity index (χ0n) is 17.4. The van der Waals surface area contributed by atoms with Crippen molar-refractivity contribution in [1.29, 1.82) is 0 Å². The molecule has 0 saturated carbocycles. The summed E-state index contributed by atoms with van der Waals surface area (Å²) in [6.07, 6.45) is 5.85. The SMILES string of the molecule is Cc1ccc2c(C3CCN(C[C@H](O)COc4cccc5[nH]ccc45)CC3)c[nH]c2c1. The Morgan fingerprint density at radius 2 is 1.93 bits per heavy atom. The molecule has 0 unspecified atom stereocenters. The zero-order chi connectivity index (χ0) is 20.5. The standard InChI is InChI=1S/C25H29N3O2/c1-17-5-6-20-22(14-27-24(20)13-17)18-8-11-28(12-9-18)15-19(29)16-30-25-4-2-3-23-21(25)7-10-26-23/h2-7,10,13-14,18-19,26-27,29H,8-9,11-12,15-16H2,1H3/t19-/m0/s1. The fourth-order valence-corrected chi connectivity index (χ4v) is 4.75. The first kappa shape index (κ1) is 19.2. The number of aromatic nitrogens is 2. The van der Waals surface area contributed by atoms with Crippen molar-refractivity contribution in [2.24, 2.45) is 0 Å². The molecule has 1 atom stereocenters. The first-order valence-electron chi connectivity index (χ1n) is 10.8. The van der Waals surface area contributed by atoms with Gasteiger partial charge in [-0.05, 0) is 74.2 Å². The molecule has 156 valence electrons. The number of H-pyrrole nitrogens is 2. The molecule has 1 aliphatic rings. The van der Waals surface area contributed by atoms with Gasteiger partial charge in [0.2, 0.25) is 0 Å². The molecule has 0 bridgehead atoms. The third-order valence-corrected chi connectivity index (χ3v) is 6.35. The number of fused-ring (bicyclic) bond motifs is 2. The van der Waals surface area contributed by atoms with Crippen molar-refractivity contribution in [2.75, 3.05) is 26.2 Å². The Balaban J connectivity index is 1.14. The maximum absolute atomic E-state index is 10.5. The van der Waals surface area contributed by atoms with Gasteiger partial charge in [0.1, 0.15) is 18.5 Å². The van der Waals surface area contributed by atoms with E-state index in [-0.39, 0.29) is 0 Å². The third kappa shape index (κ3) is 3.83. The second-order valence-corrected chi connectivity index (χ2v) is 8.53. The Hall–Kier alpha value is -2.76. The molecule has 1 saturated heterocycles. The molecule has 3 heterocycles. The minimum Gasteiger partial charge on any atom is -0.490 e. The van der Waals surface area contributed by atoms with Crippen molar-refractivity contribution in [1.82, 2.24) is 14.9 Å². The average Bonchev–Trinajstić information content (AvgIpc) is 3.39. The lowest BCUT2D eigenvalue weighted by molar-refractivity contribution is 0.0599. The van der Waals surface area contributed by atoms with Crippen LogP contribution in [0, 0.1) is 6.92 Å². The average molecular weight is 404 g/mol. The summed E-state index contributed by atoms with van der Waals surface area (Å²) in [6.45, 7) is 5.11. The third-order valence-electron chi connectivity index (χ3n) is 6.35. The highest BCUT2D eigenvalue weighted by Gasteiger charge is 2.24. The molecule has 1 fully saturated rings. The van der Waals surface area contributed by atoms with E-state index in [1.165, 1.54) is 22.0 Å². The van der Waals surface area contributed by atoms with Crippen LogP contribution < -0.4 is 4.74 Å². The largest absolute Gasteiger partial charge is 0.490 e. The number of piperidine rings is 1. The van der Waals surface area contributed by atoms with E-state index in [1.807, 2.05) is 30.5 Å². The predicted octanol–water partition coefficient (Wildman–Crippen LogP) is 4.58. The molecule has 1 aliphatic heterocycles. The second kappa shape index (κ2) is 8.17. The van der Waals surface area contributed by atoms with Crippen LogP contribution in [0.3, 0.4) is 0 Å².